The summed E-state index contributed by atoms with van der Waals surface area (Å²) in [5.74, 6) is -1.72. The summed E-state index contributed by atoms with van der Waals surface area (Å²) in [6, 6.07) is -0.588. The fourth-order valence-corrected chi connectivity index (χ4v) is 2.94. The Morgan fingerprint density at radius 3 is 2.43 bits per heavy atom. The number of nitrogens with one attached hydrogen (secondary N) is 2. The van der Waals surface area contributed by atoms with Gasteiger partial charge in [-0.2, -0.15) is 13.2 Å². The van der Waals surface area contributed by atoms with Gasteiger partial charge < -0.3 is 14.6 Å². The third-order valence-electron chi connectivity index (χ3n) is 4.66. The second-order valence-electron chi connectivity index (χ2n) is 6.89. The number of aromatic nitrogens is 2. The fraction of sp³-hybridized carbons (Fsp3) is 0.647. The summed E-state index contributed by atoms with van der Waals surface area (Å²) in [5.41, 5.74) is -0.829. The summed E-state index contributed by atoms with van der Waals surface area (Å²) in [4.78, 5) is 52.0. The van der Waals surface area contributed by atoms with Gasteiger partial charge in [0, 0.05) is 23.7 Å². The maximum atomic E-state index is 12.8. The summed E-state index contributed by atoms with van der Waals surface area (Å²) in [6.45, 7) is 0.851. The van der Waals surface area contributed by atoms with Crippen molar-refractivity contribution < 1.29 is 27.5 Å². The molecule has 1 aromatic rings. The average Bonchev–Trinajstić information content (AvgIpc) is 3.40. The molecule has 0 radical (unpaired) electrons. The summed E-state index contributed by atoms with van der Waals surface area (Å²) in [6.07, 6.45) is -3.34. The van der Waals surface area contributed by atoms with Crippen molar-refractivity contribution in [1.82, 2.24) is 14.9 Å². The first-order valence-corrected chi connectivity index (χ1v) is 8.82. The van der Waals surface area contributed by atoms with E-state index in [2.05, 4.69) is 4.98 Å². The molecule has 1 aliphatic rings. The van der Waals surface area contributed by atoms with Crippen molar-refractivity contribution in [2.45, 2.75) is 51.7 Å². The largest absolute Gasteiger partial charge is 0.456 e. The third kappa shape index (κ3) is 6.24. The van der Waals surface area contributed by atoms with E-state index in [0.717, 1.165) is 12.8 Å². The lowest BCUT2D eigenvalue weighted by molar-refractivity contribution is -0.170. The van der Waals surface area contributed by atoms with E-state index in [-0.39, 0.29) is 24.3 Å². The molecule has 1 fully saturated rings. The first-order valence-electron chi connectivity index (χ1n) is 8.82. The molecule has 0 unspecified atom stereocenters. The predicted octanol–water partition coefficient (Wildman–Crippen LogP) is 1.04. The molecule has 1 aliphatic carbocycles. The highest BCUT2D eigenvalue weighted by molar-refractivity contribution is 5.81. The standard InChI is InChI=1S/C17H22F3N3O5/c1-9-12(15(26)22-16(27)21-9)5-6-14(25)28-7-13(24)23(8-17(18,19)20)10(2)11-3-4-11/h10-11H,3-8H2,1-2H3,(H2,21,22,26,27)/t10-/m0/s1. The Bertz CT molecular complexity index is 842. The van der Waals surface area contributed by atoms with Crippen molar-refractivity contribution in [2.24, 2.45) is 5.92 Å². The molecule has 28 heavy (non-hydrogen) atoms. The van der Waals surface area contributed by atoms with Crippen LogP contribution in [-0.2, 0) is 20.7 Å². The first-order chi connectivity index (χ1) is 13.0. The number of ether oxygens (including phenoxy) is 1. The van der Waals surface area contributed by atoms with Crippen molar-refractivity contribution in [3.05, 3.63) is 32.1 Å². The average molecular weight is 405 g/mol. The van der Waals surface area contributed by atoms with Gasteiger partial charge in [-0.1, -0.05) is 0 Å². The minimum atomic E-state index is -4.55. The van der Waals surface area contributed by atoms with Crippen LogP contribution in [0.4, 0.5) is 13.2 Å². The van der Waals surface area contributed by atoms with Crippen molar-refractivity contribution in [2.75, 3.05) is 13.2 Å². The quantitative estimate of drug-likeness (QED) is 0.628. The number of aryl methyl sites for hydroxylation is 1. The summed E-state index contributed by atoms with van der Waals surface area (Å²) in [7, 11) is 0. The molecule has 1 atom stereocenters. The molecule has 0 aliphatic heterocycles. The van der Waals surface area contributed by atoms with E-state index < -0.39 is 48.5 Å². The van der Waals surface area contributed by atoms with Crippen LogP contribution in [0.3, 0.4) is 0 Å². The van der Waals surface area contributed by atoms with E-state index >= 15 is 0 Å². The lowest BCUT2D eigenvalue weighted by Crippen LogP contribution is -2.47. The van der Waals surface area contributed by atoms with Crippen molar-refractivity contribution >= 4 is 11.9 Å². The molecule has 1 saturated carbocycles. The molecule has 1 heterocycles. The molecule has 2 N–H and O–H groups in total. The van der Waals surface area contributed by atoms with Gasteiger partial charge >= 0.3 is 17.8 Å². The van der Waals surface area contributed by atoms with E-state index in [1.807, 2.05) is 4.98 Å². The Labute approximate surface area is 158 Å². The molecule has 0 saturated heterocycles. The van der Waals surface area contributed by atoms with E-state index in [0.29, 0.717) is 10.6 Å². The van der Waals surface area contributed by atoms with Gasteiger partial charge in [-0.15, -0.1) is 0 Å². The molecule has 1 amide bonds. The lowest BCUT2D eigenvalue weighted by Gasteiger charge is -2.30. The van der Waals surface area contributed by atoms with Gasteiger partial charge in [0.1, 0.15) is 6.54 Å². The number of hydrogen-bond donors (Lipinski definition) is 2. The van der Waals surface area contributed by atoms with Crippen LogP contribution >= 0.6 is 0 Å². The van der Waals surface area contributed by atoms with Gasteiger partial charge in [-0.05, 0) is 39.0 Å². The Kier molecular flexibility index (Phi) is 6.68. The molecule has 156 valence electrons. The molecule has 0 bridgehead atoms. The maximum absolute atomic E-state index is 12.8. The lowest BCUT2D eigenvalue weighted by atomic mass is 10.1. The van der Waals surface area contributed by atoms with E-state index in [1.54, 1.807) is 6.92 Å². The smallest absolute Gasteiger partial charge is 0.406 e. The van der Waals surface area contributed by atoms with Gasteiger partial charge in [0.15, 0.2) is 6.61 Å². The topological polar surface area (TPSA) is 112 Å². The highest BCUT2D eigenvalue weighted by atomic mass is 19.4. The molecule has 11 heteroatoms. The Morgan fingerprint density at radius 1 is 1.25 bits per heavy atom. The monoisotopic (exact) mass is 405 g/mol. The number of carbonyl (C=O) groups is 2. The molecule has 8 nitrogen and oxygen atoms in total. The Morgan fingerprint density at radius 2 is 1.89 bits per heavy atom. The molecular weight excluding hydrogens is 383 g/mol. The predicted molar refractivity (Wildman–Crippen MR) is 91.7 cm³/mol. The maximum Gasteiger partial charge on any atom is 0.406 e. The molecular formula is C17H22F3N3O5. The molecule has 1 aromatic heterocycles. The van der Waals surface area contributed by atoms with Crippen molar-refractivity contribution in [3.8, 4) is 0 Å². The van der Waals surface area contributed by atoms with Gasteiger partial charge in [0.25, 0.3) is 11.5 Å². The number of aromatic amines is 2. The zero-order valence-corrected chi connectivity index (χ0v) is 15.5. The number of rotatable bonds is 8. The van der Waals surface area contributed by atoms with Crippen LogP contribution in [0.5, 0.6) is 0 Å². The van der Waals surface area contributed by atoms with E-state index in [1.165, 1.54) is 6.92 Å². The summed E-state index contributed by atoms with van der Waals surface area (Å²) >= 11 is 0. The van der Waals surface area contributed by atoms with Crippen LogP contribution in [-0.4, -0.2) is 52.1 Å². The second-order valence-corrected chi connectivity index (χ2v) is 6.89. The van der Waals surface area contributed by atoms with Crippen LogP contribution in [0.25, 0.3) is 0 Å². The van der Waals surface area contributed by atoms with E-state index in [4.69, 9.17) is 4.74 Å². The zero-order valence-electron chi connectivity index (χ0n) is 15.5. The number of esters is 1. The Hall–Kier alpha value is -2.59. The normalized spacial score (nSPS) is 15.2. The van der Waals surface area contributed by atoms with E-state index in [9.17, 15) is 32.3 Å². The SMILES string of the molecule is Cc1[nH]c(=O)[nH]c(=O)c1CCC(=O)OCC(=O)N(CC(F)(F)F)[C@@H](C)C1CC1. The second kappa shape index (κ2) is 8.61. The third-order valence-corrected chi connectivity index (χ3v) is 4.66. The molecule has 0 aromatic carbocycles. The summed E-state index contributed by atoms with van der Waals surface area (Å²) < 4.78 is 43.1. The highest BCUT2D eigenvalue weighted by Crippen LogP contribution is 2.36. The van der Waals surface area contributed by atoms with Gasteiger partial charge in [-0.3, -0.25) is 19.4 Å². The number of halogens is 3. The van der Waals surface area contributed by atoms with Crippen LogP contribution in [0.15, 0.2) is 9.59 Å². The minimum Gasteiger partial charge on any atom is -0.456 e. The van der Waals surface area contributed by atoms with Crippen LogP contribution in [0, 0.1) is 12.8 Å². The number of H-pyrrole nitrogens is 2. The van der Waals surface area contributed by atoms with Crippen molar-refractivity contribution in [1.29, 1.82) is 0 Å². The molecule has 0 spiro atoms. The number of carbonyl (C=O) groups excluding carboxylic acids is 2. The number of alkyl halides is 3. The first kappa shape index (κ1) is 21.7. The highest BCUT2D eigenvalue weighted by Gasteiger charge is 2.40. The number of amides is 1. The van der Waals surface area contributed by atoms with Gasteiger partial charge in [0.05, 0.1) is 0 Å². The van der Waals surface area contributed by atoms with Crippen LogP contribution < -0.4 is 11.2 Å². The van der Waals surface area contributed by atoms with Gasteiger partial charge in [-0.25, -0.2) is 4.79 Å². The number of hydrogen-bond acceptors (Lipinski definition) is 5. The number of nitrogens with zero attached hydrogens (tertiary/aromatic N) is 1. The van der Waals surface area contributed by atoms with Crippen molar-refractivity contribution in [3.63, 3.8) is 0 Å². The Balaban J connectivity index is 1.90. The molecule has 2 rings (SSSR count). The summed E-state index contributed by atoms with van der Waals surface area (Å²) in [5, 5.41) is 0. The van der Waals surface area contributed by atoms with Crippen LogP contribution in [0.2, 0.25) is 0 Å². The van der Waals surface area contributed by atoms with Crippen LogP contribution in [0.1, 0.15) is 37.4 Å². The minimum absolute atomic E-state index is 0.0249. The fourth-order valence-electron chi connectivity index (χ4n) is 2.94. The van der Waals surface area contributed by atoms with Gasteiger partial charge in [0.2, 0.25) is 0 Å². The zero-order chi connectivity index (χ0) is 21.1.